The first-order valence-electron chi connectivity index (χ1n) is 11.1. The molecular weight excluding hydrogens is 501 g/mol. The normalized spacial score (nSPS) is 24.4. The van der Waals surface area contributed by atoms with Crippen LogP contribution in [-0.4, -0.2) is 80.7 Å². The Morgan fingerprint density at radius 2 is 2.06 bits per heavy atom. The zero-order valence-electron chi connectivity index (χ0n) is 20.3. The Kier molecular flexibility index (Phi) is 8.61. The standard InChI is InChI=1S/C22H27N5O5S2.Na/c1-10(2)26(6-5-23)19(29)14-9-33-22(24-14)25-7-13(8-25)34-18-11(3)16-15(12(4)28)20(30)27(16)17(18)21(31)32;/h9-13,15-16,28H,6-8H2,1-4H3,(H,31,32);/q;+1/p-1/t11-,12-,15-,16-;/m1./s1. The third-order valence-corrected chi connectivity index (χ3v) is 8.90. The number of amides is 2. The molecule has 0 saturated carbocycles. The molecule has 1 aromatic rings. The van der Waals surface area contributed by atoms with Crippen LogP contribution in [0.1, 0.15) is 38.2 Å². The number of aliphatic hydroxyl groups is 1. The summed E-state index contributed by atoms with van der Waals surface area (Å²) < 4.78 is 0. The molecule has 0 bridgehead atoms. The molecule has 182 valence electrons. The van der Waals surface area contributed by atoms with Crippen LogP contribution in [0.25, 0.3) is 0 Å². The third kappa shape index (κ3) is 4.86. The van der Waals surface area contributed by atoms with Crippen molar-refractivity contribution in [2.24, 2.45) is 11.8 Å². The largest absolute Gasteiger partial charge is 1.00 e. The van der Waals surface area contributed by atoms with E-state index in [0.29, 0.717) is 28.8 Å². The summed E-state index contributed by atoms with van der Waals surface area (Å²) in [7, 11) is 0. The molecule has 0 aromatic carbocycles. The Morgan fingerprint density at radius 1 is 1.40 bits per heavy atom. The first-order chi connectivity index (χ1) is 16.1. The molecule has 2 fully saturated rings. The van der Waals surface area contributed by atoms with Gasteiger partial charge in [0, 0.05) is 40.6 Å². The van der Waals surface area contributed by atoms with Gasteiger partial charge in [-0.2, -0.15) is 5.26 Å². The topological polar surface area (TPSA) is 141 Å². The number of anilines is 1. The molecule has 1 aromatic heterocycles. The van der Waals surface area contributed by atoms with Crippen molar-refractivity contribution in [3.63, 3.8) is 0 Å². The van der Waals surface area contributed by atoms with Gasteiger partial charge in [0.15, 0.2) is 5.13 Å². The number of aliphatic hydroxyl groups excluding tert-OH is 1. The molecule has 2 saturated heterocycles. The number of β-lactam (4-membered cyclic amide) rings is 1. The molecule has 0 unspecified atom stereocenters. The van der Waals surface area contributed by atoms with Gasteiger partial charge in [0.2, 0.25) is 5.91 Å². The Bertz CT molecular complexity index is 1090. The summed E-state index contributed by atoms with van der Waals surface area (Å²) in [4.78, 5) is 46.8. The van der Waals surface area contributed by atoms with Crippen LogP contribution >= 0.6 is 23.1 Å². The Morgan fingerprint density at radius 3 is 2.60 bits per heavy atom. The molecule has 13 heteroatoms. The number of carboxylic acid groups (broad SMARTS) is 1. The van der Waals surface area contributed by atoms with Crippen LogP contribution in [0.15, 0.2) is 16.0 Å². The number of nitrogens with zero attached hydrogens (tertiary/aromatic N) is 5. The predicted molar refractivity (Wildman–Crippen MR) is 124 cm³/mol. The Labute approximate surface area is 234 Å². The van der Waals surface area contributed by atoms with Gasteiger partial charge in [0.25, 0.3) is 5.91 Å². The average molecular weight is 528 g/mol. The van der Waals surface area contributed by atoms with Gasteiger partial charge in [-0.25, -0.2) is 4.98 Å². The van der Waals surface area contributed by atoms with E-state index < -0.39 is 18.0 Å². The zero-order valence-corrected chi connectivity index (χ0v) is 23.9. The van der Waals surface area contributed by atoms with E-state index in [1.54, 1.807) is 12.3 Å². The summed E-state index contributed by atoms with van der Waals surface area (Å²) in [5.74, 6) is -2.83. The SMILES string of the molecule is CC(C)N(CC#N)C(=O)c1csc(N2CC(SC3=C(C(=O)[O-])N4C(=O)[C@H]([C@@H](C)O)[C@H]4[C@H]3C)C2)n1.[Na+]. The first kappa shape index (κ1) is 28.0. The van der Waals surface area contributed by atoms with Gasteiger partial charge in [-0.05, 0) is 20.8 Å². The summed E-state index contributed by atoms with van der Waals surface area (Å²) in [6, 6.07) is 1.53. The number of hydrogen-bond donors (Lipinski definition) is 1. The molecule has 4 rings (SSSR count). The van der Waals surface area contributed by atoms with Crippen molar-refractivity contribution in [1.82, 2.24) is 14.8 Å². The number of fused-ring (bicyclic) bond motifs is 1. The Hall–Kier alpha value is -1.62. The van der Waals surface area contributed by atoms with E-state index in [2.05, 4.69) is 4.98 Å². The minimum Gasteiger partial charge on any atom is -0.543 e. The van der Waals surface area contributed by atoms with Crippen molar-refractivity contribution in [3.05, 3.63) is 21.7 Å². The summed E-state index contributed by atoms with van der Waals surface area (Å²) >= 11 is 2.79. The fourth-order valence-electron chi connectivity index (χ4n) is 4.74. The monoisotopic (exact) mass is 527 g/mol. The number of carbonyl (C=O) groups excluding carboxylic acids is 3. The molecule has 4 atom stereocenters. The summed E-state index contributed by atoms with van der Waals surface area (Å²) in [5, 5.41) is 33.3. The van der Waals surface area contributed by atoms with Gasteiger partial charge in [-0.3, -0.25) is 9.59 Å². The van der Waals surface area contributed by atoms with E-state index in [-0.39, 0.29) is 76.9 Å². The molecule has 2 amide bonds. The van der Waals surface area contributed by atoms with Crippen LogP contribution in [-0.2, 0) is 9.59 Å². The van der Waals surface area contributed by atoms with Gasteiger partial charge < -0.3 is 29.7 Å². The quantitative estimate of drug-likeness (QED) is 0.217. The molecular formula is C22H26N5NaO5S2. The van der Waals surface area contributed by atoms with Crippen LogP contribution in [0.4, 0.5) is 5.13 Å². The van der Waals surface area contributed by atoms with Gasteiger partial charge in [-0.15, -0.1) is 23.1 Å². The van der Waals surface area contributed by atoms with Gasteiger partial charge in [0.05, 0.1) is 35.8 Å². The maximum Gasteiger partial charge on any atom is 1.00 e. The van der Waals surface area contributed by atoms with Gasteiger partial charge in [0.1, 0.15) is 12.2 Å². The van der Waals surface area contributed by atoms with E-state index in [4.69, 9.17) is 5.26 Å². The number of aliphatic carboxylic acids is 1. The minimum atomic E-state index is -1.37. The number of carbonyl (C=O) groups is 3. The van der Waals surface area contributed by atoms with Gasteiger partial charge >= 0.3 is 29.6 Å². The summed E-state index contributed by atoms with van der Waals surface area (Å²) in [5.41, 5.74) is 0.231. The summed E-state index contributed by atoms with van der Waals surface area (Å²) in [6.07, 6.45) is -0.843. The van der Waals surface area contributed by atoms with Crippen LogP contribution in [0.2, 0.25) is 0 Å². The molecule has 3 aliphatic heterocycles. The molecule has 0 radical (unpaired) electrons. The van der Waals surface area contributed by atoms with E-state index in [9.17, 15) is 24.6 Å². The maximum absolute atomic E-state index is 12.7. The second kappa shape index (κ2) is 10.8. The number of nitriles is 1. The molecule has 3 aliphatic rings. The molecule has 0 aliphatic carbocycles. The average Bonchev–Trinajstić information content (AvgIpc) is 3.29. The molecule has 0 spiro atoms. The van der Waals surface area contributed by atoms with E-state index >= 15 is 0 Å². The molecule has 10 nitrogen and oxygen atoms in total. The van der Waals surface area contributed by atoms with Crippen LogP contribution < -0.4 is 39.6 Å². The smallest absolute Gasteiger partial charge is 0.543 e. The number of thiazole rings is 1. The molecule has 4 heterocycles. The van der Waals surface area contributed by atoms with Crippen LogP contribution in [0.3, 0.4) is 0 Å². The van der Waals surface area contributed by atoms with Crippen molar-refractivity contribution in [2.45, 2.75) is 51.1 Å². The Balaban J connectivity index is 0.00000342. The van der Waals surface area contributed by atoms with Crippen molar-refractivity contribution >= 4 is 46.0 Å². The second-order valence-corrected chi connectivity index (χ2v) is 11.3. The van der Waals surface area contributed by atoms with E-state index in [1.165, 1.54) is 32.9 Å². The first-order valence-corrected chi connectivity index (χ1v) is 12.8. The number of hydrogen-bond acceptors (Lipinski definition) is 10. The van der Waals surface area contributed by atoms with Crippen molar-refractivity contribution in [3.8, 4) is 6.07 Å². The van der Waals surface area contributed by atoms with E-state index in [1.807, 2.05) is 31.7 Å². The number of thioether (sulfide) groups is 1. The van der Waals surface area contributed by atoms with Crippen LogP contribution in [0, 0.1) is 23.2 Å². The number of rotatable bonds is 8. The molecule has 35 heavy (non-hydrogen) atoms. The van der Waals surface area contributed by atoms with Crippen molar-refractivity contribution < 1.29 is 54.2 Å². The minimum absolute atomic E-state index is 0. The fourth-order valence-corrected chi connectivity index (χ4v) is 7.07. The van der Waals surface area contributed by atoms with Crippen molar-refractivity contribution in [2.75, 3.05) is 24.5 Å². The number of carboxylic acids is 1. The third-order valence-electron chi connectivity index (χ3n) is 6.55. The predicted octanol–water partition coefficient (Wildman–Crippen LogP) is -2.74. The number of aromatic nitrogens is 1. The van der Waals surface area contributed by atoms with E-state index in [0.717, 1.165) is 0 Å². The second-order valence-electron chi connectivity index (χ2n) is 9.10. The van der Waals surface area contributed by atoms with Crippen molar-refractivity contribution in [1.29, 1.82) is 5.26 Å². The maximum atomic E-state index is 12.7. The zero-order chi connectivity index (χ0) is 24.9. The summed E-state index contributed by atoms with van der Waals surface area (Å²) in [6.45, 7) is 8.36. The van der Waals surface area contributed by atoms with Gasteiger partial charge in [-0.1, -0.05) is 6.92 Å². The fraction of sp³-hybridized carbons (Fsp3) is 0.591. The van der Waals surface area contributed by atoms with Crippen LogP contribution in [0.5, 0.6) is 0 Å². The molecule has 1 N–H and O–H groups in total.